The fourth-order valence-corrected chi connectivity index (χ4v) is 4.24. The fraction of sp³-hybridized carbons (Fsp3) is 0.364. The van der Waals surface area contributed by atoms with Gasteiger partial charge in [-0.15, -0.1) is 0 Å². The molecule has 2 heterocycles. The van der Waals surface area contributed by atoms with Gasteiger partial charge in [-0.25, -0.2) is 0 Å². The molecule has 2 aromatic carbocycles. The standard InChI is InChI=1S/C22H24BrN3O2/c23-18-6-8-19(9-7-18)26-11-10-20(22(26)28)21(27)25-14-12-24(13-15-25)16-17-4-2-1-3-5-17/h1-9,20H,10-16H2. The number of hydrogen-bond donors (Lipinski definition) is 0. The molecule has 2 fully saturated rings. The summed E-state index contributed by atoms with van der Waals surface area (Å²) < 4.78 is 0.976. The van der Waals surface area contributed by atoms with Crippen molar-refractivity contribution in [3.8, 4) is 0 Å². The van der Waals surface area contributed by atoms with Crippen LogP contribution in [0.2, 0.25) is 0 Å². The highest BCUT2D eigenvalue weighted by Crippen LogP contribution is 2.28. The van der Waals surface area contributed by atoms with Crippen LogP contribution in [-0.2, 0) is 16.1 Å². The molecule has 0 bridgehead atoms. The fourth-order valence-electron chi connectivity index (χ4n) is 3.97. The predicted molar refractivity (Wildman–Crippen MR) is 113 cm³/mol. The van der Waals surface area contributed by atoms with E-state index >= 15 is 0 Å². The van der Waals surface area contributed by atoms with Gasteiger partial charge in [0.05, 0.1) is 0 Å². The first-order valence-corrected chi connectivity index (χ1v) is 10.5. The van der Waals surface area contributed by atoms with Crippen LogP contribution in [0.15, 0.2) is 59.1 Å². The molecule has 2 aliphatic heterocycles. The summed E-state index contributed by atoms with van der Waals surface area (Å²) in [4.78, 5) is 31.8. The van der Waals surface area contributed by atoms with Crippen molar-refractivity contribution >= 4 is 33.4 Å². The van der Waals surface area contributed by atoms with E-state index in [1.165, 1.54) is 5.56 Å². The van der Waals surface area contributed by atoms with Gasteiger partial charge in [-0.2, -0.15) is 0 Å². The Morgan fingerprint density at radius 2 is 1.61 bits per heavy atom. The first kappa shape index (κ1) is 19.2. The molecule has 0 spiro atoms. The number of amides is 2. The van der Waals surface area contributed by atoms with E-state index in [0.717, 1.165) is 29.8 Å². The molecule has 6 heteroatoms. The number of hydrogen-bond acceptors (Lipinski definition) is 3. The molecule has 5 nitrogen and oxygen atoms in total. The van der Waals surface area contributed by atoms with E-state index in [1.807, 2.05) is 35.2 Å². The Hall–Kier alpha value is -2.18. The summed E-state index contributed by atoms with van der Waals surface area (Å²) in [6.07, 6.45) is 0.595. The van der Waals surface area contributed by atoms with Crippen molar-refractivity contribution in [2.75, 3.05) is 37.6 Å². The van der Waals surface area contributed by atoms with Gasteiger partial charge in [-0.1, -0.05) is 46.3 Å². The first-order valence-electron chi connectivity index (χ1n) is 9.74. The van der Waals surface area contributed by atoms with Crippen molar-refractivity contribution in [2.45, 2.75) is 13.0 Å². The molecule has 2 aliphatic rings. The Labute approximate surface area is 174 Å². The Morgan fingerprint density at radius 1 is 0.929 bits per heavy atom. The minimum Gasteiger partial charge on any atom is -0.339 e. The number of piperazine rings is 1. The van der Waals surface area contributed by atoms with Crippen LogP contribution in [0.1, 0.15) is 12.0 Å². The maximum Gasteiger partial charge on any atom is 0.239 e. The van der Waals surface area contributed by atoms with Crippen LogP contribution in [0.25, 0.3) is 0 Å². The lowest BCUT2D eigenvalue weighted by atomic mass is 10.1. The third-order valence-corrected chi connectivity index (χ3v) is 6.10. The predicted octanol–water partition coefficient (Wildman–Crippen LogP) is 3.15. The Bertz CT molecular complexity index is 833. The molecule has 0 aliphatic carbocycles. The number of nitrogens with zero attached hydrogens (tertiary/aromatic N) is 3. The van der Waals surface area contributed by atoms with E-state index in [2.05, 4.69) is 45.1 Å². The summed E-state index contributed by atoms with van der Waals surface area (Å²) in [5, 5.41) is 0. The smallest absolute Gasteiger partial charge is 0.239 e. The van der Waals surface area contributed by atoms with Crippen LogP contribution in [0.3, 0.4) is 0 Å². The van der Waals surface area contributed by atoms with Gasteiger partial charge in [0, 0.05) is 49.4 Å². The van der Waals surface area contributed by atoms with Gasteiger partial charge >= 0.3 is 0 Å². The molecule has 146 valence electrons. The van der Waals surface area contributed by atoms with Crippen molar-refractivity contribution in [1.82, 2.24) is 9.80 Å². The average Bonchev–Trinajstić information content (AvgIpc) is 3.11. The topological polar surface area (TPSA) is 43.9 Å². The summed E-state index contributed by atoms with van der Waals surface area (Å²) in [7, 11) is 0. The summed E-state index contributed by atoms with van der Waals surface area (Å²) >= 11 is 3.41. The van der Waals surface area contributed by atoms with Crippen molar-refractivity contribution < 1.29 is 9.59 Å². The van der Waals surface area contributed by atoms with E-state index in [4.69, 9.17) is 0 Å². The zero-order chi connectivity index (χ0) is 19.5. The van der Waals surface area contributed by atoms with Crippen molar-refractivity contribution in [3.05, 3.63) is 64.6 Å². The van der Waals surface area contributed by atoms with Gasteiger partial charge < -0.3 is 9.80 Å². The maximum absolute atomic E-state index is 13.0. The summed E-state index contributed by atoms with van der Waals surface area (Å²) in [6, 6.07) is 18.1. The molecule has 2 saturated heterocycles. The third-order valence-electron chi connectivity index (χ3n) is 5.57. The molecular weight excluding hydrogens is 418 g/mol. The monoisotopic (exact) mass is 441 g/mol. The zero-order valence-corrected chi connectivity index (χ0v) is 17.3. The molecule has 0 saturated carbocycles. The second kappa shape index (κ2) is 8.45. The average molecular weight is 442 g/mol. The quantitative estimate of drug-likeness (QED) is 0.684. The lowest BCUT2D eigenvalue weighted by Gasteiger charge is -2.35. The van der Waals surface area contributed by atoms with E-state index in [1.54, 1.807) is 4.90 Å². The number of halogens is 1. The van der Waals surface area contributed by atoms with E-state index in [0.29, 0.717) is 26.1 Å². The number of benzene rings is 2. The number of rotatable bonds is 4. The number of anilines is 1. The third kappa shape index (κ3) is 4.13. The van der Waals surface area contributed by atoms with E-state index in [-0.39, 0.29) is 11.8 Å². The maximum atomic E-state index is 13.0. The van der Waals surface area contributed by atoms with Crippen LogP contribution in [0.5, 0.6) is 0 Å². The van der Waals surface area contributed by atoms with Crippen molar-refractivity contribution in [3.63, 3.8) is 0 Å². The Balaban J connectivity index is 1.33. The highest BCUT2D eigenvalue weighted by molar-refractivity contribution is 9.10. The van der Waals surface area contributed by atoms with E-state index in [9.17, 15) is 9.59 Å². The summed E-state index contributed by atoms with van der Waals surface area (Å²) in [6.45, 7) is 4.57. The summed E-state index contributed by atoms with van der Waals surface area (Å²) in [5.74, 6) is -0.618. The Kier molecular flexibility index (Phi) is 5.78. The van der Waals surface area contributed by atoms with Crippen LogP contribution < -0.4 is 4.90 Å². The SMILES string of the molecule is O=C(C1CCN(c2ccc(Br)cc2)C1=O)N1CCN(Cc2ccccc2)CC1. The first-order chi connectivity index (χ1) is 13.6. The molecule has 2 amide bonds. The normalized spacial score (nSPS) is 20.6. The molecule has 0 aromatic heterocycles. The van der Waals surface area contributed by atoms with Crippen molar-refractivity contribution in [2.24, 2.45) is 5.92 Å². The minimum atomic E-state index is -0.538. The molecular formula is C22H24BrN3O2. The molecule has 4 rings (SSSR count). The van der Waals surface area contributed by atoms with Crippen LogP contribution in [-0.4, -0.2) is 54.3 Å². The molecule has 1 unspecified atom stereocenters. The molecule has 2 aromatic rings. The van der Waals surface area contributed by atoms with Crippen molar-refractivity contribution in [1.29, 1.82) is 0 Å². The minimum absolute atomic E-state index is 0.0102. The number of carbonyl (C=O) groups is 2. The van der Waals surface area contributed by atoms with Gasteiger partial charge in [-0.3, -0.25) is 14.5 Å². The highest BCUT2D eigenvalue weighted by atomic mass is 79.9. The molecule has 28 heavy (non-hydrogen) atoms. The molecule has 0 N–H and O–H groups in total. The van der Waals surface area contributed by atoms with E-state index < -0.39 is 5.92 Å². The van der Waals surface area contributed by atoms with Gasteiger partial charge in [0.15, 0.2) is 0 Å². The second-order valence-electron chi connectivity index (χ2n) is 7.39. The molecule has 0 radical (unpaired) electrons. The lowest BCUT2D eigenvalue weighted by Crippen LogP contribution is -2.51. The van der Waals surface area contributed by atoms with Gasteiger partial charge in [0.25, 0.3) is 0 Å². The lowest BCUT2D eigenvalue weighted by molar-refractivity contribution is -0.141. The second-order valence-corrected chi connectivity index (χ2v) is 8.31. The largest absolute Gasteiger partial charge is 0.339 e. The van der Waals surface area contributed by atoms with Gasteiger partial charge in [0.1, 0.15) is 5.92 Å². The Morgan fingerprint density at radius 3 is 2.29 bits per heavy atom. The zero-order valence-electron chi connectivity index (χ0n) is 15.8. The molecule has 1 atom stereocenters. The van der Waals surface area contributed by atoms with Crippen LogP contribution >= 0.6 is 15.9 Å². The van der Waals surface area contributed by atoms with Crippen LogP contribution in [0.4, 0.5) is 5.69 Å². The van der Waals surface area contributed by atoms with Gasteiger partial charge in [0.2, 0.25) is 11.8 Å². The highest BCUT2D eigenvalue weighted by Gasteiger charge is 2.40. The number of carbonyl (C=O) groups excluding carboxylic acids is 2. The summed E-state index contributed by atoms with van der Waals surface area (Å²) in [5.41, 5.74) is 2.15. The van der Waals surface area contributed by atoms with Crippen LogP contribution in [0, 0.1) is 5.92 Å². The van der Waals surface area contributed by atoms with Gasteiger partial charge in [-0.05, 0) is 36.2 Å².